The van der Waals surface area contributed by atoms with Crippen molar-refractivity contribution in [1.29, 1.82) is 0 Å². The molecule has 2 rings (SSSR count). The Bertz CT molecular complexity index is 267. The number of amides is 1. The lowest BCUT2D eigenvalue weighted by Crippen LogP contribution is -2.46. The van der Waals surface area contributed by atoms with Gasteiger partial charge in [0.1, 0.15) is 0 Å². The van der Waals surface area contributed by atoms with Crippen LogP contribution in [0.25, 0.3) is 0 Å². The summed E-state index contributed by atoms with van der Waals surface area (Å²) < 4.78 is 0. The van der Waals surface area contributed by atoms with Gasteiger partial charge in [0.25, 0.3) is 0 Å². The Morgan fingerprint density at radius 2 is 1.82 bits per heavy atom. The quantitative estimate of drug-likeness (QED) is 0.761. The molecular formula is C14H26N2O. The van der Waals surface area contributed by atoms with E-state index in [1.165, 1.54) is 19.3 Å². The van der Waals surface area contributed by atoms with Gasteiger partial charge in [-0.05, 0) is 38.0 Å². The van der Waals surface area contributed by atoms with Crippen molar-refractivity contribution in [1.82, 2.24) is 4.90 Å². The Morgan fingerprint density at radius 3 is 2.59 bits per heavy atom. The second-order valence-corrected chi connectivity index (χ2v) is 5.92. The van der Waals surface area contributed by atoms with Crippen LogP contribution in [0.5, 0.6) is 0 Å². The van der Waals surface area contributed by atoms with Crippen LogP contribution < -0.4 is 5.73 Å². The zero-order chi connectivity index (χ0) is 12.3. The largest absolute Gasteiger partial charge is 0.342 e. The van der Waals surface area contributed by atoms with Gasteiger partial charge in [-0.1, -0.05) is 19.8 Å². The third-order valence-corrected chi connectivity index (χ3v) is 4.47. The molecule has 2 N–H and O–H groups in total. The molecule has 17 heavy (non-hydrogen) atoms. The highest BCUT2D eigenvalue weighted by atomic mass is 16.2. The second-order valence-electron chi connectivity index (χ2n) is 5.92. The van der Waals surface area contributed by atoms with E-state index >= 15 is 0 Å². The van der Waals surface area contributed by atoms with Crippen molar-refractivity contribution in [3.05, 3.63) is 0 Å². The lowest BCUT2D eigenvalue weighted by atomic mass is 9.84. The fraction of sp³-hybridized carbons (Fsp3) is 0.929. The molecule has 1 amide bonds. The van der Waals surface area contributed by atoms with Gasteiger partial charge in [0, 0.05) is 19.1 Å². The first kappa shape index (κ1) is 12.9. The number of rotatable bonds is 1. The van der Waals surface area contributed by atoms with E-state index in [0.717, 1.165) is 44.7 Å². The smallest absolute Gasteiger partial charge is 0.227 e. The molecular weight excluding hydrogens is 212 g/mol. The first-order valence-electron chi connectivity index (χ1n) is 7.23. The monoisotopic (exact) mass is 238 g/mol. The van der Waals surface area contributed by atoms with Crippen molar-refractivity contribution in [2.24, 2.45) is 17.6 Å². The molecule has 3 unspecified atom stereocenters. The van der Waals surface area contributed by atoms with Crippen LogP contribution in [0.1, 0.15) is 51.9 Å². The predicted molar refractivity (Wildman–Crippen MR) is 69.5 cm³/mol. The molecule has 0 radical (unpaired) electrons. The lowest BCUT2D eigenvalue weighted by molar-refractivity contribution is -0.137. The molecule has 1 saturated heterocycles. The summed E-state index contributed by atoms with van der Waals surface area (Å²) in [4.78, 5) is 14.6. The van der Waals surface area contributed by atoms with Crippen molar-refractivity contribution in [3.8, 4) is 0 Å². The van der Waals surface area contributed by atoms with Crippen LogP contribution in [0.15, 0.2) is 0 Å². The van der Waals surface area contributed by atoms with Gasteiger partial charge in [-0.15, -0.1) is 0 Å². The average molecular weight is 238 g/mol. The molecule has 3 heteroatoms. The maximum atomic E-state index is 12.5. The predicted octanol–water partition coefficient (Wildman–Crippen LogP) is 2.15. The summed E-state index contributed by atoms with van der Waals surface area (Å²) in [5.74, 6) is 1.22. The number of likely N-dealkylation sites (tertiary alicyclic amines) is 1. The summed E-state index contributed by atoms with van der Waals surface area (Å²) in [6.45, 7) is 4.19. The molecule has 0 spiro atoms. The first-order chi connectivity index (χ1) is 8.18. The summed E-state index contributed by atoms with van der Waals surface area (Å²) in [5.41, 5.74) is 6.11. The standard InChI is InChI=1S/C14H26N2O/c1-11-5-4-9-16(10-8-11)14(17)12-6-2-3-7-13(12)15/h11-13H,2-10,15H2,1H3. The van der Waals surface area contributed by atoms with E-state index in [1.807, 2.05) is 0 Å². The van der Waals surface area contributed by atoms with Crippen LogP contribution in [0, 0.1) is 11.8 Å². The maximum Gasteiger partial charge on any atom is 0.227 e. The van der Waals surface area contributed by atoms with Crippen LogP contribution in [-0.2, 0) is 4.79 Å². The molecule has 2 aliphatic rings. The van der Waals surface area contributed by atoms with Gasteiger partial charge in [-0.3, -0.25) is 4.79 Å². The minimum atomic E-state index is 0.108. The van der Waals surface area contributed by atoms with E-state index in [0.29, 0.717) is 5.91 Å². The molecule has 3 nitrogen and oxygen atoms in total. The molecule has 0 aromatic rings. The molecule has 0 aromatic carbocycles. The highest BCUT2D eigenvalue weighted by Gasteiger charge is 2.32. The van der Waals surface area contributed by atoms with Crippen molar-refractivity contribution in [2.45, 2.75) is 57.9 Å². The summed E-state index contributed by atoms with van der Waals surface area (Å²) >= 11 is 0. The second kappa shape index (κ2) is 5.85. The van der Waals surface area contributed by atoms with Gasteiger partial charge in [0.15, 0.2) is 0 Å². The van der Waals surface area contributed by atoms with Gasteiger partial charge >= 0.3 is 0 Å². The van der Waals surface area contributed by atoms with Crippen molar-refractivity contribution in [3.63, 3.8) is 0 Å². The summed E-state index contributed by atoms with van der Waals surface area (Å²) in [5, 5.41) is 0. The number of hydrogen-bond donors (Lipinski definition) is 1. The van der Waals surface area contributed by atoms with Crippen LogP contribution in [0.3, 0.4) is 0 Å². The Kier molecular flexibility index (Phi) is 4.43. The van der Waals surface area contributed by atoms with E-state index in [-0.39, 0.29) is 12.0 Å². The number of carbonyl (C=O) groups is 1. The minimum Gasteiger partial charge on any atom is -0.342 e. The van der Waals surface area contributed by atoms with E-state index in [9.17, 15) is 4.79 Å². The molecule has 98 valence electrons. The third-order valence-electron chi connectivity index (χ3n) is 4.47. The van der Waals surface area contributed by atoms with Crippen molar-refractivity contribution < 1.29 is 4.79 Å². The number of nitrogens with two attached hydrogens (primary N) is 1. The third kappa shape index (κ3) is 3.21. The number of hydrogen-bond acceptors (Lipinski definition) is 2. The molecule has 3 atom stereocenters. The molecule has 0 bridgehead atoms. The molecule has 1 heterocycles. The fourth-order valence-corrected chi connectivity index (χ4v) is 3.18. The first-order valence-corrected chi connectivity index (χ1v) is 7.23. The normalized spacial score (nSPS) is 35.4. The Morgan fingerprint density at radius 1 is 1.06 bits per heavy atom. The maximum absolute atomic E-state index is 12.5. The molecule has 1 saturated carbocycles. The zero-order valence-electron chi connectivity index (χ0n) is 11.0. The fourth-order valence-electron chi connectivity index (χ4n) is 3.18. The molecule has 0 aromatic heterocycles. The molecule has 1 aliphatic heterocycles. The highest BCUT2D eigenvalue weighted by molar-refractivity contribution is 5.79. The summed E-state index contributed by atoms with van der Waals surface area (Å²) in [7, 11) is 0. The number of carbonyl (C=O) groups excluding carboxylic acids is 1. The number of nitrogens with zero attached hydrogens (tertiary/aromatic N) is 1. The van der Waals surface area contributed by atoms with Gasteiger partial charge < -0.3 is 10.6 Å². The Hall–Kier alpha value is -0.570. The molecule has 1 aliphatic carbocycles. The van der Waals surface area contributed by atoms with E-state index in [1.54, 1.807) is 0 Å². The van der Waals surface area contributed by atoms with Crippen LogP contribution in [0.2, 0.25) is 0 Å². The zero-order valence-corrected chi connectivity index (χ0v) is 11.0. The van der Waals surface area contributed by atoms with Crippen LogP contribution in [-0.4, -0.2) is 29.9 Å². The van der Waals surface area contributed by atoms with Crippen LogP contribution in [0.4, 0.5) is 0 Å². The van der Waals surface area contributed by atoms with E-state index in [4.69, 9.17) is 5.73 Å². The van der Waals surface area contributed by atoms with Gasteiger partial charge in [-0.2, -0.15) is 0 Å². The SMILES string of the molecule is CC1CCCN(C(=O)C2CCCCC2N)CC1. The Balaban J connectivity index is 1.93. The van der Waals surface area contributed by atoms with E-state index < -0.39 is 0 Å². The van der Waals surface area contributed by atoms with Crippen molar-refractivity contribution >= 4 is 5.91 Å². The van der Waals surface area contributed by atoms with Crippen LogP contribution >= 0.6 is 0 Å². The summed E-state index contributed by atoms with van der Waals surface area (Å²) in [6, 6.07) is 0.108. The van der Waals surface area contributed by atoms with Gasteiger partial charge in [-0.25, -0.2) is 0 Å². The topological polar surface area (TPSA) is 46.3 Å². The summed E-state index contributed by atoms with van der Waals surface area (Å²) in [6.07, 6.45) is 7.99. The Labute approximate surface area is 105 Å². The minimum absolute atomic E-state index is 0.108. The molecule has 2 fully saturated rings. The highest BCUT2D eigenvalue weighted by Crippen LogP contribution is 2.26. The van der Waals surface area contributed by atoms with Gasteiger partial charge in [0.2, 0.25) is 5.91 Å². The average Bonchev–Trinajstić information content (AvgIpc) is 2.54. The van der Waals surface area contributed by atoms with Crippen molar-refractivity contribution in [2.75, 3.05) is 13.1 Å². The van der Waals surface area contributed by atoms with E-state index in [2.05, 4.69) is 11.8 Å². The van der Waals surface area contributed by atoms with Gasteiger partial charge in [0.05, 0.1) is 5.92 Å². The lowest BCUT2D eigenvalue weighted by Gasteiger charge is -2.32.